The first kappa shape index (κ1) is 24.1. The molecule has 0 radical (unpaired) electrons. The molecule has 3 heterocycles. The van der Waals surface area contributed by atoms with E-state index < -0.39 is 0 Å². The van der Waals surface area contributed by atoms with Crippen molar-refractivity contribution in [3.05, 3.63) is 70.1 Å². The number of aromatic nitrogens is 2. The lowest BCUT2D eigenvalue weighted by Crippen LogP contribution is -2.42. The minimum Gasteiger partial charge on any atom is -0.379 e. The fourth-order valence-corrected chi connectivity index (χ4v) is 4.91. The number of ether oxygens (including phenoxy) is 1. The fourth-order valence-electron chi connectivity index (χ4n) is 4.91. The smallest absolute Gasteiger partial charge is 0.272 e. The molecule has 9 heteroatoms. The van der Waals surface area contributed by atoms with Crippen molar-refractivity contribution in [3.63, 3.8) is 0 Å². The van der Waals surface area contributed by atoms with Crippen LogP contribution in [0.4, 0.5) is 5.69 Å². The SMILES string of the molecule is O=C(Nc1ccc(CN2CCOCC2)cc1)C1CCN(C(=O)Cc2n[nH]c(=O)c3ccccc23)CC1. The lowest BCUT2D eigenvalue weighted by Gasteiger charge is -2.31. The number of piperidine rings is 1. The molecule has 5 rings (SSSR count). The molecular formula is C27H31N5O4. The Balaban J connectivity index is 1.11. The molecular weight excluding hydrogens is 458 g/mol. The third-order valence-corrected chi connectivity index (χ3v) is 7.04. The number of rotatable bonds is 6. The second-order valence-electron chi connectivity index (χ2n) is 9.45. The Hall–Kier alpha value is -3.56. The van der Waals surface area contributed by atoms with Crippen molar-refractivity contribution < 1.29 is 14.3 Å². The molecule has 0 spiro atoms. The van der Waals surface area contributed by atoms with E-state index in [1.165, 1.54) is 5.56 Å². The Morgan fingerprint density at radius 3 is 2.39 bits per heavy atom. The highest BCUT2D eigenvalue weighted by Crippen LogP contribution is 2.22. The summed E-state index contributed by atoms with van der Waals surface area (Å²) >= 11 is 0. The summed E-state index contributed by atoms with van der Waals surface area (Å²) in [5, 5.41) is 10.9. The molecule has 2 aliphatic rings. The molecule has 2 fully saturated rings. The number of nitrogens with zero attached hydrogens (tertiary/aromatic N) is 3. The van der Waals surface area contributed by atoms with E-state index in [1.54, 1.807) is 17.0 Å². The summed E-state index contributed by atoms with van der Waals surface area (Å²) in [6, 6.07) is 15.2. The van der Waals surface area contributed by atoms with Crippen LogP contribution in [-0.4, -0.2) is 71.2 Å². The number of amides is 2. The lowest BCUT2D eigenvalue weighted by atomic mass is 9.95. The number of carbonyl (C=O) groups excluding carboxylic acids is 2. The van der Waals surface area contributed by atoms with Gasteiger partial charge in [-0.25, -0.2) is 5.10 Å². The number of anilines is 1. The molecule has 0 unspecified atom stereocenters. The van der Waals surface area contributed by atoms with Gasteiger partial charge in [-0.15, -0.1) is 0 Å². The predicted molar refractivity (Wildman–Crippen MR) is 137 cm³/mol. The van der Waals surface area contributed by atoms with Crippen LogP contribution in [-0.2, 0) is 27.3 Å². The molecule has 0 saturated carbocycles. The highest BCUT2D eigenvalue weighted by Gasteiger charge is 2.28. The maximum Gasteiger partial charge on any atom is 0.272 e. The summed E-state index contributed by atoms with van der Waals surface area (Å²) in [4.78, 5) is 41.9. The van der Waals surface area contributed by atoms with Crippen LogP contribution >= 0.6 is 0 Å². The number of H-pyrrole nitrogens is 1. The summed E-state index contributed by atoms with van der Waals surface area (Å²) in [6.07, 6.45) is 1.35. The van der Waals surface area contributed by atoms with Crippen LogP contribution in [0.1, 0.15) is 24.1 Å². The average Bonchev–Trinajstić information content (AvgIpc) is 2.92. The van der Waals surface area contributed by atoms with Gasteiger partial charge >= 0.3 is 0 Å². The molecule has 9 nitrogen and oxygen atoms in total. The van der Waals surface area contributed by atoms with E-state index in [1.807, 2.05) is 24.3 Å². The molecule has 3 aromatic rings. The molecule has 2 N–H and O–H groups in total. The zero-order chi connectivity index (χ0) is 24.9. The largest absolute Gasteiger partial charge is 0.379 e. The Morgan fingerprint density at radius 2 is 1.67 bits per heavy atom. The van der Waals surface area contributed by atoms with Gasteiger partial charge in [-0.05, 0) is 36.6 Å². The summed E-state index contributed by atoms with van der Waals surface area (Å²) in [6.45, 7) is 5.37. The van der Waals surface area contributed by atoms with Gasteiger partial charge in [0.25, 0.3) is 5.56 Å². The summed E-state index contributed by atoms with van der Waals surface area (Å²) in [5.74, 6) is -0.181. The predicted octanol–water partition coefficient (Wildman–Crippen LogP) is 2.18. The molecule has 2 amide bonds. The van der Waals surface area contributed by atoms with Gasteiger partial charge in [0.2, 0.25) is 11.8 Å². The van der Waals surface area contributed by atoms with Crippen LogP contribution in [0.5, 0.6) is 0 Å². The van der Waals surface area contributed by atoms with Crippen LogP contribution in [0, 0.1) is 5.92 Å². The van der Waals surface area contributed by atoms with E-state index in [4.69, 9.17) is 4.74 Å². The van der Waals surface area contributed by atoms with Crippen LogP contribution in [0.15, 0.2) is 53.3 Å². The highest BCUT2D eigenvalue weighted by atomic mass is 16.5. The second kappa shape index (κ2) is 11.0. The summed E-state index contributed by atoms with van der Waals surface area (Å²) in [7, 11) is 0. The normalized spacial score (nSPS) is 17.3. The van der Waals surface area contributed by atoms with E-state index in [0.29, 0.717) is 42.4 Å². The first-order chi connectivity index (χ1) is 17.6. The zero-order valence-corrected chi connectivity index (χ0v) is 20.2. The monoisotopic (exact) mass is 489 g/mol. The van der Waals surface area contributed by atoms with E-state index in [-0.39, 0.29) is 29.7 Å². The van der Waals surface area contributed by atoms with Crippen molar-refractivity contribution in [1.29, 1.82) is 0 Å². The minimum absolute atomic E-state index is 0.00340. The number of hydrogen-bond acceptors (Lipinski definition) is 6. The Bertz CT molecular complexity index is 1280. The van der Waals surface area contributed by atoms with Crippen LogP contribution in [0.3, 0.4) is 0 Å². The van der Waals surface area contributed by atoms with E-state index in [2.05, 4.69) is 32.5 Å². The molecule has 188 valence electrons. The van der Waals surface area contributed by atoms with Crippen molar-refractivity contribution in [1.82, 2.24) is 20.0 Å². The number of fused-ring (bicyclic) bond motifs is 1. The molecule has 0 aliphatic carbocycles. The third kappa shape index (κ3) is 5.63. The molecule has 2 saturated heterocycles. The van der Waals surface area contributed by atoms with Crippen molar-refractivity contribution in [2.75, 3.05) is 44.7 Å². The Morgan fingerprint density at radius 1 is 0.972 bits per heavy atom. The number of carbonyl (C=O) groups is 2. The molecule has 2 aliphatic heterocycles. The minimum atomic E-state index is -0.264. The van der Waals surface area contributed by atoms with Gasteiger partial charge in [0, 0.05) is 49.7 Å². The van der Waals surface area contributed by atoms with Gasteiger partial charge in [0.1, 0.15) is 0 Å². The number of hydrogen-bond donors (Lipinski definition) is 2. The van der Waals surface area contributed by atoms with Crippen LogP contribution in [0.2, 0.25) is 0 Å². The second-order valence-corrected chi connectivity index (χ2v) is 9.45. The number of likely N-dealkylation sites (tertiary alicyclic amines) is 1. The average molecular weight is 490 g/mol. The van der Waals surface area contributed by atoms with Gasteiger partial charge in [-0.1, -0.05) is 30.3 Å². The third-order valence-electron chi connectivity index (χ3n) is 7.04. The molecule has 36 heavy (non-hydrogen) atoms. The maximum atomic E-state index is 12.9. The summed E-state index contributed by atoms with van der Waals surface area (Å²) < 4.78 is 5.40. The quantitative estimate of drug-likeness (QED) is 0.550. The number of morpholine rings is 1. The van der Waals surface area contributed by atoms with Crippen molar-refractivity contribution in [3.8, 4) is 0 Å². The maximum absolute atomic E-state index is 12.9. The zero-order valence-electron chi connectivity index (χ0n) is 20.2. The van der Waals surface area contributed by atoms with Crippen LogP contribution in [0.25, 0.3) is 10.8 Å². The van der Waals surface area contributed by atoms with Gasteiger partial charge in [-0.3, -0.25) is 19.3 Å². The van der Waals surface area contributed by atoms with Crippen molar-refractivity contribution in [2.45, 2.75) is 25.8 Å². The van der Waals surface area contributed by atoms with E-state index >= 15 is 0 Å². The molecule has 0 atom stereocenters. The lowest BCUT2D eigenvalue weighted by molar-refractivity contribution is -0.133. The standard InChI is InChI=1S/C27H31N5O4/c33-25(17-24-22-3-1-2-4-23(22)27(35)30-29-24)32-11-9-20(10-12-32)26(34)28-21-7-5-19(6-8-21)18-31-13-15-36-16-14-31/h1-8,20H,9-18H2,(H,28,34)(H,30,35). The Kier molecular flexibility index (Phi) is 7.39. The number of nitrogens with one attached hydrogen (secondary N) is 2. The highest BCUT2D eigenvalue weighted by molar-refractivity contribution is 5.93. The molecule has 0 bridgehead atoms. The summed E-state index contributed by atoms with van der Waals surface area (Å²) in [5.41, 5.74) is 2.30. The molecule has 2 aromatic carbocycles. The van der Waals surface area contributed by atoms with Crippen molar-refractivity contribution >= 4 is 28.3 Å². The van der Waals surface area contributed by atoms with E-state index in [0.717, 1.165) is 38.5 Å². The first-order valence-electron chi connectivity index (χ1n) is 12.5. The topological polar surface area (TPSA) is 108 Å². The molecule has 1 aromatic heterocycles. The first-order valence-corrected chi connectivity index (χ1v) is 12.5. The van der Waals surface area contributed by atoms with Gasteiger partial charge < -0.3 is 15.0 Å². The van der Waals surface area contributed by atoms with E-state index in [9.17, 15) is 14.4 Å². The number of aromatic amines is 1. The van der Waals surface area contributed by atoms with Crippen LogP contribution < -0.4 is 10.9 Å². The van der Waals surface area contributed by atoms with Crippen molar-refractivity contribution in [2.24, 2.45) is 5.92 Å². The fraction of sp³-hybridized carbons (Fsp3) is 0.407. The Labute approximate surface area is 209 Å². The van der Waals surface area contributed by atoms with Gasteiger partial charge in [0.15, 0.2) is 0 Å². The van der Waals surface area contributed by atoms with Gasteiger partial charge in [0.05, 0.1) is 30.7 Å². The van der Waals surface area contributed by atoms with Gasteiger partial charge in [-0.2, -0.15) is 5.10 Å². The number of benzene rings is 2.